The maximum absolute atomic E-state index is 12.2. The quantitative estimate of drug-likeness (QED) is 0.595. The summed E-state index contributed by atoms with van der Waals surface area (Å²) in [5, 5.41) is 0. The second kappa shape index (κ2) is 5.00. The fraction of sp³-hybridized carbons (Fsp3) is 0.133. The predicted octanol–water partition coefficient (Wildman–Crippen LogP) is 4.14. The van der Waals surface area contributed by atoms with Crippen LogP contribution in [0.15, 0.2) is 42.5 Å². The zero-order chi connectivity index (χ0) is 12.4. The summed E-state index contributed by atoms with van der Waals surface area (Å²) < 4.78 is 1.14. The molecule has 0 N–H and O–H groups in total. The minimum absolute atomic E-state index is 0.0875. The van der Waals surface area contributed by atoms with Gasteiger partial charge in [0.1, 0.15) is 0 Å². The SMILES string of the molecule is Cc1ccc(C(=O)c2ccc(I)cc2)cc1C. The molecule has 0 saturated heterocycles. The van der Waals surface area contributed by atoms with Gasteiger partial charge in [-0.05, 0) is 77.9 Å². The molecule has 0 radical (unpaired) electrons. The minimum Gasteiger partial charge on any atom is -0.289 e. The standard InChI is InChI=1S/C15H13IO/c1-10-3-4-13(9-11(10)2)15(17)12-5-7-14(16)8-6-12/h3-9H,1-2H3. The van der Waals surface area contributed by atoms with E-state index in [9.17, 15) is 4.79 Å². The third-order valence-corrected chi connectivity index (χ3v) is 3.59. The van der Waals surface area contributed by atoms with E-state index in [1.54, 1.807) is 0 Å². The van der Waals surface area contributed by atoms with Gasteiger partial charge in [-0.25, -0.2) is 0 Å². The lowest BCUT2D eigenvalue weighted by Crippen LogP contribution is -2.01. The van der Waals surface area contributed by atoms with Crippen molar-refractivity contribution < 1.29 is 4.79 Å². The molecule has 0 unspecified atom stereocenters. The minimum atomic E-state index is 0.0875. The Bertz CT molecular complexity index is 556. The first-order chi connectivity index (χ1) is 8.08. The predicted molar refractivity (Wildman–Crippen MR) is 78.5 cm³/mol. The summed E-state index contributed by atoms with van der Waals surface area (Å²) in [6, 6.07) is 13.5. The number of hydrogen-bond acceptors (Lipinski definition) is 1. The third kappa shape index (κ3) is 2.75. The summed E-state index contributed by atoms with van der Waals surface area (Å²) in [5.74, 6) is 0.0875. The molecule has 0 aliphatic heterocycles. The molecular formula is C15H13IO. The van der Waals surface area contributed by atoms with Crippen LogP contribution in [0, 0.1) is 17.4 Å². The molecule has 0 amide bonds. The fourth-order valence-electron chi connectivity index (χ4n) is 1.65. The summed E-state index contributed by atoms with van der Waals surface area (Å²) in [7, 11) is 0. The monoisotopic (exact) mass is 336 g/mol. The highest BCUT2D eigenvalue weighted by atomic mass is 127. The maximum Gasteiger partial charge on any atom is 0.193 e. The fourth-order valence-corrected chi connectivity index (χ4v) is 2.01. The zero-order valence-electron chi connectivity index (χ0n) is 9.83. The number of ketones is 1. The molecular weight excluding hydrogens is 323 g/mol. The van der Waals surface area contributed by atoms with Crippen LogP contribution in [0.3, 0.4) is 0 Å². The topological polar surface area (TPSA) is 17.1 Å². The van der Waals surface area contributed by atoms with E-state index in [1.807, 2.05) is 49.4 Å². The molecule has 0 aromatic heterocycles. The summed E-state index contributed by atoms with van der Waals surface area (Å²) in [6.07, 6.45) is 0. The van der Waals surface area contributed by atoms with Crippen LogP contribution in [0.4, 0.5) is 0 Å². The van der Waals surface area contributed by atoms with Crippen molar-refractivity contribution in [1.82, 2.24) is 0 Å². The molecule has 0 fully saturated rings. The van der Waals surface area contributed by atoms with E-state index >= 15 is 0 Å². The molecule has 0 heterocycles. The highest BCUT2D eigenvalue weighted by Gasteiger charge is 2.09. The average molecular weight is 336 g/mol. The Hall–Kier alpha value is -1.16. The van der Waals surface area contributed by atoms with E-state index in [4.69, 9.17) is 0 Å². The molecule has 2 rings (SSSR count). The Kier molecular flexibility index (Phi) is 3.62. The van der Waals surface area contributed by atoms with Crippen LogP contribution in [-0.4, -0.2) is 5.78 Å². The zero-order valence-corrected chi connectivity index (χ0v) is 12.0. The van der Waals surface area contributed by atoms with E-state index in [0.29, 0.717) is 0 Å². The first-order valence-electron chi connectivity index (χ1n) is 5.45. The molecule has 2 aromatic rings. The van der Waals surface area contributed by atoms with Crippen molar-refractivity contribution in [2.24, 2.45) is 0 Å². The van der Waals surface area contributed by atoms with Crippen LogP contribution in [0.2, 0.25) is 0 Å². The second-order valence-electron chi connectivity index (χ2n) is 4.14. The molecule has 0 saturated carbocycles. The van der Waals surface area contributed by atoms with Gasteiger partial charge in [0.05, 0.1) is 0 Å². The first-order valence-corrected chi connectivity index (χ1v) is 6.53. The summed E-state index contributed by atoms with van der Waals surface area (Å²) in [5.41, 5.74) is 3.87. The van der Waals surface area contributed by atoms with E-state index in [2.05, 4.69) is 29.5 Å². The number of hydrogen-bond donors (Lipinski definition) is 0. The lowest BCUT2D eigenvalue weighted by atomic mass is 9.99. The molecule has 0 bridgehead atoms. The van der Waals surface area contributed by atoms with Crippen LogP contribution in [0.5, 0.6) is 0 Å². The van der Waals surface area contributed by atoms with Crippen molar-refractivity contribution in [2.75, 3.05) is 0 Å². The van der Waals surface area contributed by atoms with Gasteiger partial charge in [-0.1, -0.05) is 12.1 Å². The second-order valence-corrected chi connectivity index (χ2v) is 5.38. The van der Waals surface area contributed by atoms with E-state index in [0.717, 1.165) is 20.3 Å². The van der Waals surface area contributed by atoms with Crippen molar-refractivity contribution in [3.8, 4) is 0 Å². The molecule has 0 atom stereocenters. The van der Waals surface area contributed by atoms with Gasteiger partial charge < -0.3 is 0 Å². The van der Waals surface area contributed by atoms with Gasteiger partial charge in [0.25, 0.3) is 0 Å². The van der Waals surface area contributed by atoms with E-state index < -0.39 is 0 Å². The van der Waals surface area contributed by atoms with Crippen molar-refractivity contribution in [3.05, 3.63) is 68.3 Å². The average Bonchev–Trinajstić information content (AvgIpc) is 2.33. The molecule has 2 aromatic carbocycles. The lowest BCUT2D eigenvalue weighted by molar-refractivity contribution is 0.103. The van der Waals surface area contributed by atoms with Gasteiger partial charge in [-0.15, -0.1) is 0 Å². The van der Waals surface area contributed by atoms with Gasteiger partial charge >= 0.3 is 0 Å². The largest absolute Gasteiger partial charge is 0.289 e. The van der Waals surface area contributed by atoms with Crippen LogP contribution in [0.1, 0.15) is 27.0 Å². The summed E-state index contributed by atoms with van der Waals surface area (Å²) in [4.78, 5) is 12.2. The number of carbonyl (C=O) groups excluding carboxylic acids is 1. The Balaban J connectivity index is 2.37. The van der Waals surface area contributed by atoms with Gasteiger partial charge in [0.2, 0.25) is 0 Å². The van der Waals surface area contributed by atoms with E-state index in [1.165, 1.54) is 5.56 Å². The number of benzene rings is 2. The Morgan fingerprint density at radius 3 is 2.06 bits per heavy atom. The third-order valence-electron chi connectivity index (χ3n) is 2.88. The number of carbonyl (C=O) groups is 1. The first kappa shape index (κ1) is 12.3. The highest BCUT2D eigenvalue weighted by Crippen LogP contribution is 2.15. The van der Waals surface area contributed by atoms with Crippen LogP contribution in [0.25, 0.3) is 0 Å². The smallest absolute Gasteiger partial charge is 0.193 e. The van der Waals surface area contributed by atoms with Crippen LogP contribution < -0.4 is 0 Å². The lowest BCUT2D eigenvalue weighted by Gasteiger charge is -2.05. The van der Waals surface area contributed by atoms with Crippen molar-refractivity contribution >= 4 is 28.4 Å². The molecule has 2 heteroatoms. The summed E-state index contributed by atoms with van der Waals surface area (Å²) in [6.45, 7) is 4.08. The number of halogens is 1. The Morgan fingerprint density at radius 1 is 0.882 bits per heavy atom. The van der Waals surface area contributed by atoms with Crippen molar-refractivity contribution in [1.29, 1.82) is 0 Å². The normalized spacial score (nSPS) is 10.3. The van der Waals surface area contributed by atoms with Crippen LogP contribution >= 0.6 is 22.6 Å². The molecule has 0 aliphatic carbocycles. The molecule has 17 heavy (non-hydrogen) atoms. The molecule has 0 aliphatic rings. The van der Waals surface area contributed by atoms with Gasteiger partial charge in [0.15, 0.2) is 5.78 Å². The number of rotatable bonds is 2. The van der Waals surface area contributed by atoms with E-state index in [-0.39, 0.29) is 5.78 Å². The van der Waals surface area contributed by atoms with Gasteiger partial charge in [0, 0.05) is 14.7 Å². The summed E-state index contributed by atoms with van der Waals surface area (Å²) >= 11 is 2.23. The number of aryl methyl sites for hydroxylation is 2. The molecule has 0 spiro atoms. The van der Waals surface area contributed by atoms with Crippen LogP contribution in [-0.2, 0) is 0 Å². The maximum atomic E-state index is 12.2. The molecule has 86 valence electrons. The highest BCUT2D eigenvalue weighted by molar-refractivity contribution is 14.1. The Labute approximate surface area is 115 Å². The molecule has 1 nitrogen and oxygen atoms in total. The van der Waals surface area contributed by atoms with Crippen molar-refractivity contribution in [2.45, 2.75) is 13.8 Å². The Morgan fingerprint density at radius 2 is 1.47 bits per heavy atom. The van der Waals surface area contributed by atoms with Gasteiger partial charge in [-0.3, -0.25) is 4.79 Å². The van der Waals surface area contributed by atoms with Crippen molar-refractivity contribution in [3.63, 3.8) is 0 Å². The van der Waals surface area contributed by atoms with Gasteiger partial charge in [-0.2, -0.15) is 0 Å².